The van der Waals surface area contributed by atoms with Crippen molar-refractivity contribution >= 4 is 17.5 Å². The van der Waals surface area contributed by atoms with Gasteiger partial charge in [0.25, 0.3) is 0 Å². The summed E-state index contributed by atoms with van der Waals surface area (Å²) in [7, 11) is 0. The summed E-state index contributed by atoms with van der Waals surface area (Å²) in [6, 6.07) is 4.07. The van der Waals surface area contributed by atoms with Gasteiger partial charge in [0, 0.05) is 37.0 Å². The molecule has 1 aromatic rings. The summed E-state index contributed by atoms with van der Waals surface area (Å²) >= 11 is 0. The fraction of sp³-hybridized carbons (Fsp3) is 0.720. The van der Waals surface area contributed by atoms with Crippen LogP contribution in [0.2, 0.25) is 0 Å². The van der Waals surface area contributed by atoms with Crippen molar-refractivity contribution in [2.75, 3.05) is 5.32 Å². The molecule has 0 aromatic carbocycles. The molecule has 0 spiro atoms. The number of anilines is 1. The Bertz CT molecular complexity index is 827. The molecule has 5 heteroatoms. The van der Waals surface area contributed by atoms with Gasteiger partial charge in [0.2, 0.25) is 11.8 Å². The van der Waals surface area contributed by atoms with E-state index in [4.69, 9.17) is 0 Å². The van der Waals surface area contributed by atoms with Crippen molar-refractivity contribution < 1.29 is 9.59 Å². The molecule has 162 valence electrons. The Kier molecular flexibility index (Phi) is 4.90. The average Bonchev–Trinajstić information content (AvgIpc) is 3.05. The molecule has 1 aromatic heterocycles. The highest BCUT2D eigenvalue weighted by molar-refractivity contribution is 5.90. The van der Waals surface area contributed by atoms with Gasteiger partial charge >= 0.3 is 0 Å². The zero-order chi connectivity index (χ0) is 20.9. The molecule has 2 amide bonds. The average molecular weight is 410 g/mol. The molecule has 2 N–H and O–H groups in total. The first kappa shape index (κ1) is 20.0. The predicted octanol–water partition coefficient (Wildman–Crippen LogP) is 4.55. The van der Waals surface area contributed by atoms with Crippen molar-refractivity contribution in [1.82, 2.24) is 10.3 Å². The lowest BCUT2D eigenvalue weighted by Gasteiger charge is -2.60. The van der Waals surface area contributed by atoms with E-state index in [1.165, 1.54) is 32.1 Å². The Morgan fingerprint density at radius 1 is 1.07 bits per heavy atom. The molecule has 1 aliphatic heterocycles. The lowest BCUT2D eigenvalue weighted by atomic mass is 9.47. The van der Waals surface area contributed by atoms with Crippen LogP contribution in [0.1, 0.15) is 71.6 Å². The van der Waals surface area contributed by atoms with E-state index in [9.17, 15) is 9.59 Å². The standard InChI is InChI=1S/C25H35N3O2/c1-24-11-7-20-18(4-6-21-25(20,2)12-8-22(29)28-21)19(24)5-3-16(24)15-23(30)27-17-9-13-26-14-10-17/h9-10,13-14,16,18-21H,3-8,11-12,15H2,1-2H3,(H,28,29)(H,26,27,30)/t16-,18+,19+,20+,21?,24-,25-/m1/s1. The second-order valence-corrected chi connectivity index (χ2v) is 10.9. The lowest BCUT2D eigenvalue weighted by molar-refractivity contribution is -0.137. The first-order chi connectivity index (χ1) is 14.4. The Balaban J connectivity index is 1.29. The van der Waals surface area contributed by atoms with E-state index >= 15 is 0 Å². The molecule has 5 rings (SSSR count). The number of fused-ring (bicyclic) bond motifs is 5. The summed E-state index contributed by atoms with van der Waals surface area (Å²) in [5.41, 5.74) is 1.37. The number of rotatable bonds is 3. The van der Waals surface area contributed by atoms with Gasteiger partial charge in [-0.1, -0.05) is 13.8 Å². The van der Waals surface area contributed by atoms with E-state index in [2.05, 4.69) is 29.5 Å². The molecule has 30 heavy (non-hydrogen) atoms. The monoisotopic (exact) mass is 409 g/mol. The molecule has 4 fully saturated rings. The highest BCUT2D eigenvalue weighted by Crippen LogP contribution is 2.66. The number of amides is 2. The Hall–Kier alpha value is -1.91. The minimum atomic E-state index is 0.140. The van der Waals surface area contributed by atoms with Crippen molar-refractivity contribution in [2.24, 2.45) is 34.5 Å². The number of nitrogens with one attached hydrogen (secondary N) is 2. The third kappa shape index (κ3) is 3.16. The molecule has 0 radical (unpaired) electrons. The first-order valence-corrected chi connectivity index (χ1v) is 11.9. The SMILES string of the molecule is C[C@]12CC[C@H]3[C@@H](CCC4NC(=O)CC[C@@]43C)[C@@H]1CC[C@@H]2CC(=O)Nc1ccncc1. The van der Waals surface area contributed by atoms with Gasteiger partial charge in [-0.05, 0) is 91.6 Å². The molecule has 1 unspecified atom stereocenters. The summed E-state index contributed by atoms with van der Waals surface area (Å²) in [4.78, 5) is 28.8. The molecule has 1 saturated heterocycles. The Labute approximate surface area is 179 Å². The molecule has 7 atom stereocenters. The Morgan fingerprint density at radius 3 is 2.63 bits per heavy atom. The van der Waals surface area contributed by atoms with Gasteiger partial charge in [-0.15, -0.1) is 0 Å². The van der Waals surface area contributed by atoms with Crippen LogP contribution in [-0.4, -0.2) is 22.8 Å². The predicted molar refractivity (Wildman–Crippen MR) is 117 cm³/mol. The van der Waals surface area contributed by atoms with Crippen molar-refractivity contribution in [3.8, 4) is 0 Å². The number of carbonyl (C=O) groups is 2. The van der Waals surface area contributed by atoms with Crippen LogP contribution >= 0.6 is 0 Å². The smallest absolute Gasteiger partial charge is 0.224 e. The van der Waals surface area contributed by atoms with Crippen LogP contribution in [0.4, 0.5) is 5.69 Å². The highest BCUT2D eigenvalue weighted by Gasteiger charge is 2.60. The van der Waals surface area contributed by atoms with Gasteiger partial charge in [0.1, 0.15) is 0 Å². The minimum Gasteiger partial charge on any atom is -0.353 e. The van der Waals surface area contributed by atoms with Gasteiger partial charge < -0.3 is 10.6 Å². The summed E-state index contributed by atoms with van der Waals surface area (Å²) in [5.74, 6) is 3.07. The zero-order valence-electron chi connectivity index (χ0n) is 18.3. The van der Waals surface area contributed by atoms with E-state index in [-0.39, 0.29) is 22.6 Å². The van der Waals surface area contributed by atoms with Crippen LogP contribution in [0.15, 0.2) is 24.5 Å². The van der Waals surface area contributed by atoms with Crippen LogP contribution in [0.5, 0.6) is 0 Å². The third-order valence-corrected chi connectivity index (χ3v) is 9.69. The zero-order valence-corrected chi connectivity index (χ0v) is 18.3. The second kappa shape index (κ2) is 7.35. The van der Waals surface area contributed by atoms with Gasteiger partial charge in [0.15, 0.2) is 0 Å². The number of nitrogens with zero attached hydrogens (tertiary/aromatic N) is 1. The van der Waals surface area contributed by atoms with Crippen molar-refractivity contribution in [3.63, 3.8) is 0 Å². The molecule has 2 heterocycles. The van der Waals surface area contributed by atoms with Crippen molar-refractivity contribution in [3.05, 3.63) is 24.5 Å². The van der Waals surface area contributed by atoms with Crippen molar-refractivity contribution in [2.45, 2.75) is 77.7 Å². The van der Waals surface area contributed by atoms with E-state index in [1.807, 2.05) is 12.1 Å². The van der Waals surface area contributed by atoms with Crippen LogP contribution in [0, 0.1) is 34.5 Å². The largest absolute Gasteiger partial charge is 0.353 e. The fourth-order valence-electron chi connectivity index (χ4n) is 8.02. The molecule has 3 saturated carbocycles. The maximum atomic E-state index is 12.8. The third-order valence-electron chi connectivity index (χ3n) is 9.69. The van der Waals surface area contributed by atoms with Gasteiger partial charge in [-0.2, -0.15) is 0 Å². The van der Waals surface area contributed by atoms with Gasteiger partial charge in [0.05, 0.1) is 0 Å². The molecule has 4 aliphatic rings. The highest BCUT2D eigenvalue weighted by atomic mass is 16.2. The molecular formula is C25H35N3O2. The maximum absolute atomic E-state index is 12.8. The molecular weight excluding hydrogens is 374 g/mol. The maximum Gasteiger partial charge on any atom is 0.224 e. The van der Waals surface area contributed by atoms with E-state index in [0.717, 1.165) is 36.3 Å². The van der Waals surface area contributed by atoms with E-state index in [0.29, 0.717) is 24.8 Å². The second-order valence-electron chi connectivity index (χ2n) is 10.9. The van der Waals surface area contributed by atoms with Crippen molar-refractivity contribution in [1.29, 1.82) is 0 Å². The van der Waals surface area contributed by atoms with E-state index < -0.39 is 0 Å². The quantitative estimate of drug-likeness (QED) is 0.769. The lowest BCUT2D eigenvalue weighted by Crippen LogP contribution is -2.61. The summed E-state index contributed by atoms with van der Waals surface area (Å²) in [5, 5.41) is 6.39. The fourth-order valence-corrected chi connectivity index (χ4v) is 8.02. The van der Waals surface area contributed by atoms with Crippen LogP contribution < -0.4 is 10.6 Å². The summed E-state index contributed by atoms with van der Waals surface area (Å²) < 4.78 is 0. The van der Waals surface area contributed by atoms with Crippen LogP contribution in [0.3, 0.4) is 0 Å². The molecule has 3 aliphatic carbocycles. The molecule has 0 bridgehead atoms. The van der Waals surface area contributed by atoms with Gasteiger partial charge in [-0.25, -0.2) is 0 Å². The summed E-state index contributed by atoms with van der Waals surface area (Å²) in [6.45, 7) is 4.92. The molecule has 5 nitrogen and oxygen atoms in total. The topological polar surface area (TPSA) is 71.1 Å². The number of pyridine rings is 1. The number of hydrogen-bond acceptors (Lipinski definition) is 3. The number of piperidine rings is 1. The van der Waals surface area contributed by atoms with Crippen LogP contribution in [0.25, 0.3) is 0 Å². The number of aromatic nitrogens is 1. The summed E-state index contributed by atoms with van der Waals surface area (Å²) in [6.07, 6.45) is 13.1. The van der Waals surface area contributed by atoms with Gasteiger partial charge in [-0.3, -0.25) is 14.6 Å². The number of hydrogen-bond donors (Lipinski definition) is 2. The first-order valence-electron chi connectivity index (χ1n) is 11.9. The minimum absolute atomic E-state index is 0.140. The normalized spacial score (nSPS) is 42.5. The Morgan fingerprint density at radius 2 is 1.83 bits per heavy atom. The number of carbonyl (C=O) groups excluding carboxylic acids is 2. The van der Waals surface area contributed by atoms with Crippen LogP contribution in [-0.2, 0) is 9.59 Å². The van der Waals surface area contributed by atoms with E-state index in [1.54, 1.807) is 12.4 Å².